The van der Waals surface area contributed by atoms with Gasteiger partial charge in [0.2, 0.25) is 0 Å². The smallest absolute Gasteiger partial charge is 1.00 e. The zero-order chi connectivity index (χ0) is 9.97. The third kappa shape index (κ3) is 5.95. The van der Waals surface area contributed by atoms with Crippen molar-refractivity contribution in [1.29, 1.82) is 0 Å². The van der Waals surface area contributed by atoms with E-state index in [2.05, 4.69) is 44.2 Å². The van der Waals surface area contributed by atoms with Crippen molar-refractivity contribution in [3.05, 3.63) is 58.7 Å². The number of benzene rings is 1. The van der Waals surface area contributed by atoms with Crippen LogP contribution < -0.4 is 37.2 Å². The minimum absolute atomic E-state index is 0. The summed E-state index contributed by atoms with van der Waals surface area (Å²) in [6.45, 7) is 4.37. The van der Waals surface area contributed by atoms with Gasteiger partial charge >= 0.3 is 21.7 Å². The van der Waals surface area contributed by atoms with Gasteiger partial charge in [-0.25, -0.2) is 12.2 Å². The molecule has 0 nitrogen and oxygen atoms in total. The maximum Gasteiger partial charge on any atom is 4.00 e. The van der Waals surface area contributed by atoms with Gasteiger partial charge in [-0.05, 0) is 37.0 Å². The zero-order valence-corrected chi connectivity index (χ0v) is 14.3. The van der Waals surface area contributed by atoms with E-state index < -0.39 is 0 Å². The van der Waals surface area contributed by atoms with E-state index in [9.17, 15) is 0 Å². The van der Waals surface area contributed by atoms with Crippen LogP contribution in [0, 0.1) is 19.9 Å². The molecule has 0 unspecified atom stereocenters. The summed E-state index contributed by atoms with van der Waals surface area (Å²) in [5, 5.41) is 0. The average molecular weight is 338 g/mol. The van der Waals surface area contributed by atoms with Crippen LogP contribution in [-0.2, 0) is 28.1 Å². The fourth-order valence-corrected chi connectivity index (χ4v) is 1.79. The summed E-state index contributed by atoms with van der Waals surface area (Å²) in [4.78, 5) is 0. The summed E-state index contributed by atoms with van der Waals surface area (Å²) in [5.41, 5.74) is 5.65. The maximum atomic E-state index is 3.29. The molecule has 0 N–H and O–H groups in total. The molecule has 1 aliphatic rings. The van der Waals surface area contributed by atoms with Gasteiger partial charge < -0.3 is 37.2 Å². The van der Waals surface area contributed by atoms with Gasteiger partial charge in [-0.2, -0.15) is 5.57 Å². The first-order chi connectivity index (χ1) is 6.77. The van der Waals surface area contributed by atoms with Crippen LogP contribution in [0.25, 0.3) is 0 Å². The molecule has 0 saturated heterocycles. The van der Waals surface area contributed by atoms with Crippen LogP contribution in [0.2, 0.25) is 0 Å². The first-order valence-corrected chi connectivity index (χ1v) is 5.08. The zero-order valence-electron chi connectivity index (χ0n) is 10.4. The van der Waals surface area contributed by atoms with Gasteiger partial charge in [0.25, 0.3) is 0 Å². The Hall–Kier alpha value is 0.284. The maximum absolute atomic E-state index is 3.29. The Morgan fingerprint density at radius 3 is 2.33 bits per heavy atom. The quantitative estimate of drug-likeness (QED) is 0.373. The Labute approximate surface area is 143 Å². The van der Waals surface area contributed by atoms with Crippen molar-refractivity contribution >= 4 is 0 Å². The van der Waals surface area contributed by atoms with E-state index >= 15 is 0 Å². The van der Waals surface area contributed by atoms with Gasteiger partial charge in [0.05, 0.1) is 0 Å². The first-order valence-electron chi connectivity index (χ1n) is 5.08. The van der Waals surface area contributed by atoms with Gasteiger partial charge in [0.1, 0.15) is 0 Å². The molecule has 2 rings (SSSR count). The van der Waals surface area contributed by atoms with Crippen molar-refractivity contribution in [3.63, 3.8) is 0 Å². The fourth-order valence-electron chi connectivity index (χ4n) is 1.79. The second-order valence-electron chi connectivity index (χ2n) is 3.89. The molecule has 96 valence electrons. The van der Waals surface area contributed by atoms with E-state index in [0.717, 1.165) is 12.8 Å². The van der Waals surface area contributed by atoms with Crippen LogP contribution in [-0.4, -0.2) is 0 Å². The molecule has 0 aromatic heterocycles. The van der Waals surface area contributed by atoms with Crippen molar-refractivity contribution in [2.45, 2.75) is 26.7 Å². The fraction of sp³-hybridized carbons (Fsp3) is 0.286. The molecule has 1 aromatic rings. The molecular formula is C14H15Cl3Ti. The normalized spacial score (nSPS) is 11.3. The van der Waals surface area contributed by atoms with Gasteiger partial charge in [0, 0.05) is 0 Å². The van der Waals surface area contributed by atoms with Crippen molar-refractivity contribution in [3.8, 4) is 0 Å². The van der Waals surface area contributed by atoms with Crippen molar-refractivity contribution in [2.24, 2.45) is 0 Å². The molecule has 0 atom stereocenters. The molecule has 1 aliphatic carbocycles. The van der Waals surface area contributed by atoms with Crippen LogP contribution in [0.4, 0.5) is 0 Å². The van der Waals surface area contributed by atoms with E-state index in [4.69, 9.17) is 0 Å². The van der Waals surface area contributed by atoms with E-state index in [-0.39, 0.29) is 58.9 Å². The third-order valence-electron chi connectivity index (χ3n) is 2.89. The number of rotatable bonds is 2. The Kier molecular flexibility index (Phi) is 14.5. The van der Waals surface area contributed by atoms with Gasteiger partial charge in [-0.1, -0.05) is 24.6 Å². The van der Waals surface area contributed by atoms with Gasteiger partial charge in [0.15, 0.2) is 0 Å². The summed E-state index contributed by atoms with van der Waals surface area (Å²) >= 11 is 0. The van der Waals surface area contributed by atoms with E-state index in [1.54, 1.807) is 0 Å². The Morgan fingerprint density at radius 2 is 1.78 bits per heavy atom. The summed E-state index contributed by atoms with van der Waals surface area (Å²) in [6, 6.07) is 6.53. The standard InChI is InChI=1S/C14H15.3ClH.Ti/c1-11-6-5-9-14(12(11)2)10-13-7-3-4-8-13;;;;/h3-6,9H,7,10H2,1-2H3;3*1H;/q-1;;;;+4/p-3. The number of aryl methyl sites for hydroxylation is 1. The SMILES string of the molecule is Cc1cccc(CC2=[C-]C=CC2)c1C.[Cl-].[Cl-].[Cl-].[Ti+4]. The molecule has 0 spiro atoms. The van der Waals surface area contributed by atoms with Gasteiger partial charge in [-0.3, -0.25) is 6.08 Å². The second-order valence-corrected chi connectivity index (χ2v) is 3.89. The largest absolute Gasteiger partial charge is 4.00 e. The van der Waals surface area contributed by atoms with E-state index in [1.807, 2.05) is 6.08 Å². The van der Waals surface area contributed by atoms with Crippen molar-refractivity contribution in [2.75, 3.05) is 0 Å². The summed E-state index contributed by atoms with van der Waals surface area (Å²) < 4.78 is 0. The number of hydrogen-bond donors (Lipinski definition) is 0. The Morgan fingerprint density at radius 1 is 1.11 bits per heavy atom. The number of halogens is 3. The topological polar surface area (TPSA) is 0 Å². The predicted octanol–water partition coefficient (Wildman–Crippen LogP) is -5.46. The molecule has 0 heterocycles. The molecule has 4 heteroatoms. The summed E-state index contributed by atoms with van der Waals surface area (Å²) in [6.07, 6.45) is 9.62. The number of allylic oxidation sites excluding steroid dienone is 4. The molecule has 1 aromatic carbocycles. The summed E-state index contributed by atoms with van der Waals surface area (Å²) in [7, 11) is 0. The van der Waals surface area contributed by atoms with Crippen LogP contribution in [0.5, 0.6) is 0 Å². The van der Waals surface area contributed by atoms with Crippen molar-refractivity contribution in [1.82, 2.24) is 0 Å². The predicted molar refractivity (Wildman–Crippen MR) is 60.1 cm³/mol. The van der Waals surface area contributed by atoms with Crippen LogP contribution in [0.15, 0.2) is 35.9 Å². The minimum atomic E-state index is 0. The first kappa shape index (κ1) is 23.4. The van der Waals surface area contributed by atoms with E-state index in [1.165, 1.54) is 22.3 Å². The van der Waals surface area contributed by atoms with Crippen LogP contribution in [0.3, 0.4) is 0 Å². The van der Waals surface area contributed by atoms with E-state index in [0.29, 0.717) is 0 Å². The Balaban J connectivity index is -0.000000562. The van der Waals surface area contributed by atoms with Crippen LogP contribution in [0.1, 0.15) is 23.1 Å². The molecule has 0 aliphatic heterocycles. The summed E-state index contributed by atoms with van der Waals surface area (Å²) in [5.74, 6) is 0. The second kappa shape index (κ2) is 11.1. The molecule has 18 heavy (non-hydrogen) atoms. The molecule has 0 fully saturated rings. The molecule has 0 saturated carbocycles. The van der Waals surface area contributed by atoms with Crippen LogP contribution >= 0.6 is 0 Å². The van der Waals surface area contributed by atoms with Crippen molar-refractivity contribution < 1.29 is 58.9 Å². The average Bonchev–Trinajstić information content (AvgIpc) is 2.66. The molecule has 0 radical (unpaired) electrons. The third-order valence-corrected chi connectivity index (χ3v) is 2.89. The number of hydrogen-bond acceptors (Lipinski definition) is 0. The monoisotopic (exact) mass is 336 g/mol. The minimum Gasteiger partial charge on any atom is -1.00 e. The Bertz CT molecular complexity index is 412. The van der Waals surface area contributed by atoms with Gasteiger partial charge in [-0.15, -0.1) is 0 Å². The molecular weight excluding hydrogens is 322 g/mol. The molecule has 0 amide bonds. The molecule has 0 bridgehead atoms.